The van der Waals surface area contributed by atoms with E-state index in [1.807, 2.05) is 30.3 Å². The van der Waals surface area contributed by atoms with Gasteiger partial charge < -0.3 is 10.2 Å². The molecule has 0 amide bonds. The van der Waals surface area contributed by atoms with Crippen molar-refractivity contribution in [3.63, 3.8) is 0 Å². The molecule has 25 heavy (non-hydrogen) atoms. The van der Waals surface area contributed by atoms with Gasteiger partial charge in [-0.2, -0.15) is 9.78 Å². The molecular formula is C18H24ClN5O. The maximum atomic E-state index is 12.5. The van der Waals surface area contributed by atoms with Gasteiger partial charge in [-0.1, -0.05) is 29.8 Å². The van der Waals surface area contributed by atoms with Crippen molar-refractivity contribution in [2.75, 3.05) is 45.1 Å². The highest BCUT2D eigenvalue weighted by Crippen LogP contribution is 2.17. The van der Waals surface area contributed by atoms with E-state index in [-0.39, 0.29) is 10.6 Å². The molecule has 7 heteroatoms. The van der Waals surface area contributed by atoms with Gasteiger partial charge in [0.25, 0.3) is 5.56 Å². The largest absolute Gasteiger partial charge is 0.381 e. The molecular weight excluding hydrogens is 338 g/mol. The molecule has 1 aromatic carbocycles. The zero-order valence-corrected chi connectivity index (χ0v) is 15.4. The Morgan fingerprint density at radius 2 is 1.88 bits per heavy atom. The average Bonchev–Trinajstić information content (AvgIpc) is 2.64. The van der Waals surface area contributed by atoms with Crippen molar-refractivity contribution in [2.24, 2.45) is 0 Å². The maximum absolute atomic E-state index is 12.5. The molecule has 3 rings (SSSR count). The lowest BCUT2D eigenvalue weighted by Gasteiger charge is -2.36. The lowest BCUT2D eigenvalue weighted by Crippen LogP contribution is -2.49. The van der Waals surface area contributed by atoms with Crippen LogP contribution in [0.25, 0.3) is 5.69 Å². The first-order valence-corrected chi connectivity index (χ1v) is 8.94. The van der Waals surface area contributed by atoms with E-state index in [1.165, 1.54) is 4.68 Å². The van der Waals surface area contributed by atoms with Gasteiger partial charge in [-0.3, -0.25) is 9.69 Å². The van der Waals surface area contributed by atoms with Crippen LogP contribution in [0.15, 0.2) is 41.3 Å². The number of likely N-dealkylation sites (N-methyl/N-ethyl adjacent to an activating group) is 1. The van der Waals surface area contributed by atoms with Crippen LogP contribution in [0.3, 0.4) is 0 Å². The summed E-state index contributed by atoms with van der Waals surface area (Å²) in [6.45, 7) is 7.19. The van der Waals surface area contributed by atoms with Crippen molar-refractivity contribution in [1.82, 2.24) is 19.6 Å². The van der Waals surface area contributed by atoms with E-state index in [2.05, 4.69) is 34.2 Å². The normalized spacial score (nSPS) is 17.4. The minimum Gasteiger partial charge on any atom is -0.381 e. The minimum atomic E-state index is -0.315. The molecule has 0 radical (unpaired) electrons. The third kappa shape index (κ3) is 4.21. The summed E-state index contributed by atoms with van der Waals surface area (Å²) < 4.78 is 1.32. The first kappa shape index (κ1) is 17.9. The molecule has 1 aromatic heterocycles. The first-order chi connectivity index (χ1) is 12.1. The van der Waals surface area contributed by atoms with E-state index in [1.54, 1.807) is 6.20 Å². The van der Waals surface area contributed by atoms with E-state index in [0.717, 1.165) is 32.7 Å². The number of piperazine rings is 1. The van der Waals surface area contributed by atoms with Crippen molar-refractivity contribution < 1.29 is 0 Å². The van der Waals surface area contributed by atoms with E-state index in [0.29, 0.717) is 17.4 Å². The minimum absolute atomic E-state index is 0.171. The van der Waals surface area contributed by atoms with Gasteiger partial charge in [-0.05, 0) is 26.1 Å². The van der Waals surface area contributed by atoms with E-state index in [9.17, 15) is 4.79 Å². The lowest BCUT2D eigenvalue weighted by atomic mass is 10.2. The van der Waals surface area contributed by atoms with Crippen LogP contribution in [0.4, 0.5) is 5.69 Å². The molecule has 1 N–H and O–H groups in total. The molecule has 1 fully saturated rings. The van der Waals surface area contributed by atoms with Crippen molar-refractivity contribution in [3.8, 4) is 5.69 Å². The van der Waals surface area contributed by atoms with Gasteiger partial charge in [0.1, 0.15) is 5.02 Å². The van der Waals surface area contributed by atoms with Crippen molar-refractivity contribution >= 4 is 17.3 Å². The Morgan fingerprint density at radius 3 is 2.56 bits per heavy atom. The fraction of sp³-hybridized carbons (Fsp3) is 0.444. The van der Waals surface area contributed by atoms with Crippen LogP contribution in [0, 0.1) is 0 Å². The van der Waals surface area contributed by atoms with Gasteiger partial charge in [0.15, 0.2) is 0 Å². The topological polar surface area (TPSA) is 53.4 Å². The highest BCUT2D eigenvalue weighted by Gasteiger charge is 2.19. The Labute approximate surface area is 153 Å². The Hall–Kier alpha value is -1.89. The zero-order valence-electron chi connectivity index (χ0n) is 14.7. The summed E-state index contributed by atoms with van der Waals surface area (Å²) in [7, 11) is 2.15. The smallest absolute Gasteiger partial charge is 0.292 e. The molecule has 134 valence electrons. The molecule has 0 aliphatic carbocycles. The third-order valence-corrected chi connectivity index (χ3v) is 5.03. The Morgan fingerprint density at radius 1 is 1.20 bits per heavy atom. The quantitative estimate of drug-likeness (QED) is 0.882. The first-order valence-electron chi connectivity index (χ1n) is 8.56. The van der Waals surface area contributed by atoms with Gasteiger partial charge >= 0.3 is 0 Å². The second-order valence-electron chi connectivity index (χ2n) is 6.49. The number of hydrogen-bond donors (Lipinski definition) is 1. The summed E-state index contributed by atoms with van der Waals surface area (Å²) in [5.74, 6) is 0. The summed E-state index contributed by atoms with van der Waals surface area (Å²) in [6.07, 6.45) is 1.62. The van der Waals surface area contributed by atoms with Crippen molar-refractivity contribution in [3.05, 3.63) is 51.9 Å². The molecule has 0 bridgehead atoms. The summed E-state index contributed by atoms with van der Waals surface area (Å²) in [5.41, 5.74) is 0.969. The molecule has 1 atom stereocenters. The molecule has 1 saturated heterocycles. The van der Waals surface area contributed by atoms with Crippen LogP contribution in [0.2, 0.25) is 5.02 Å². The second-order valence-corrected chi connectivity index (χ2v) is 6.87. The summed E-state index contributed by atoms with van der Waals surface area (Å²) in [6, 6.07) is 9.64. The van der Waals surface area contributed by atoms with Gasteiger partial charge in [-0.15, -0.1) is 0 Å². The Bertz CT molecular complexity index is 756. The molecule has 2 aromatic rings. The van der Waals surface area contributed by atoms with Gasteiger partial charge in [0, 0.05) is 38.8 Å². The third-order valence-electron chi connectivity index (χ3n) is 4.67. The monoisotopic (exact) mass is 361 g/mol. The Balaban J connectivity index is 1.67. The number of anilines is 1. The number of aromatic nitrogens is 2. The SMILES string of the molecule is CC(CNc1cnn(-c2ccccc2)c(=O)c1Cl)N1CCN(C)CC1. The van der Waals surface area contributed by atoms with Crippen LogP contribution in [-0.2, 0) is 0 Å². The number of nitrogens with one attached hydrogen (secondary N) is 1. The summed E-state index contributed by atoms with van der Waals surface area (Å²) in [4.78, 5) is 17.3. The van der Waals surface area contributed by atoms with E-state index >= 15 is 0 Å². The fourth-order valence-electron chi connectivity index (χ4n) is 2.96. The number of rotatable bonds is 5. The molecule has 0 saturated carbocycles. The van der Waals surface area contributed by atoms with Crippen LogP contribution >= 0.6 is 11.6 Å². The van der Waals surface area contributed by atoms with Gasteiger partial charge in [0.05, 0.1) is 17.6 Å². The summed E-state index contributed by atoms with van der Waals surface area (Å²) in [5, 5.41) is 7.70. The lowest BCUT2D eigenvalue weighted by molar-refractivity contribution is 0.123. The summed E-state index contributed by atoms with van der Waals surface area (Å²) >= 11 is 6.28. The Kier molecular flexibility index (Phi) is 5.73. The zero-order chi connectivity index (χ0) is 17.8. The number of para-hydroxylation sites is 1. The van der Waals surface area contributed by atoms with Crippen LogP contribution in [0.5, 0.6) is 0 Å². The standard InChI is InChI=1S/C18H24ClN5O/c1-14(23-10-8-22(2)9-11-23)12-20-16-13-21-24(18(25)17(16)19)15-6-4-3-5-7-15/h3-7,13-14,20H,8-12H2,1-2H3. The molecule has 1 aliphatic heterocycles. The molecule has 1 aliphatic rings. The number of nitrogens with zero attached hydrogens (tertiary/aromatic N) is 4. The van der Waals surface area contributed by atoms with E-state index in [4.69, 9.17) is 11.6 Å². The van der Waals surface area contributed by atoms with Crippen LogP contribution in [-0.4, -0.2) is 65.4 Å². The predicted molar refractivity (Wildman–Crippen MR) is 102 cm³/mol. The predicted octanol–water partition coefficient (Wildman–Crippen LogP) is 1.93. The fourth-order valence-corrected chi connectivity index (χ4v) is 3.15. The molecule has 1 unspecified atom stereocenters. The highest BCUT2D eigenvalue weighted by atomic mass is 35.5. The van der Waals surface area contributed by atoms with Crippen LogP contribution in [0.1, 0.15) is 6.92 Å². The highest BCUT2D eigenvalue weighted by molar-refractivity contribution is 6.32. The number of hydrogen-bond acceptors (Lipinski definition) is 5. The number of benzene rings is 1. The van der Waals surface area contributed by atoms with Crippen molar-refractivity contribution in [2.45, 2.75) is 13.0 Å². The van der Waals surface area contributed by atoms with Gasteiger partial charge in [-0.25, -0.2) is 0 Å². The van der Waals surface area contributed by atoms with Gasteiger partial charge in [0.2, 0.25) is 0 Å². The maximum Gasteiger partial charge on any atom is 0.292 e. The average molecular weight is 362 g/mol. The molecule has 6 nitrogen and oxygen atoms in total. The second kappa shape index (κ2) is 7.99. The van der Waals surface area contributed by atoms with Crippen molar-refractivity contribution in [1.29, 1.82) is 0 Å². The van der Waals surface area contributed by atoms with Crippen LogP contribution < -0.4 is 10.9 Å². The molecule has 0 spiro atoms. The number of halogens is 1. The molecule has 2 heterocycles. The van der Waals surface area contributed by atoms with E-state index < -0.39 is 0 Å².